The van der Waals surface area contributed by atoms with E-state index in [0.717, 1.165) is 5.56 Å². The Morgan fingerprint density at radius 2 is 2.50 bits per heavy atom. The molecular formula is C8H8OS. The van der Waals surface area contributed by atoms with E-state index in [0.29, 0.717) is 0 Å². The van der Waals surface area contributed by atoms with Crippen LogP contribution < -0.4 is 0 Å². The molecule has 1 aromatic heterocycles. The van der Waals surface area contributed by atoms with E-state index in [1.807, 2.05) is 16.8 Å². The molecule has 1 atom stereocenters. The van der Waals surface area contributed by atoms with Crippen LogP contribution >= 0.6 is 11.3 Å². The maximum Gasteiger partial charge on any atom is 0.112 e. The molecule has 0 aliphatic rings. The number of thiophene rings is 1. The molecule has 1 heterocycles. The van der Waals surface area contributed by atoms with Crippen molar-refractivity contribution in [2.45, 2.75) is 13.0 Å². The molecule has 10 heavy (non-hydrogen) atoms. The molecule has 1 nitrogen and oxygen atoms in total. The van der Waals surface area contributed by atoms with Crippen molar-refractivity contribution < 1.29 is 5.11 Å². The van der Waals surface area contributed by atoms with Crippen LogP contribution in [0.5, 0.6) is 0 Å². The van der Waals surface area contributed by atoms with E-state index in [-0.39, 0.29) is 0 Å². The Kier molecular flexibility index (Phi) is 2.49. The zero-order chi connectivity index (χ0) is 7.40. The lowest BCUT2D eigenvalue weighted by atomic mass is 10.3. The van der Waals surface area contributed by atoms with Gasteiger partial charge in [-0.05, 0) is 18.4 Å². The summed E-state index contributed by atoms with van der Waals surface area (Å²) in [6, 6.07) is 1.93. The first-order valence-electron chi connectivity index (χ1n) is 3.01. The molecule has 1 rings (SSSR count). The van der Waals surface area contributed by atoms with Crippen LogP contribution in [0, 0.1) is 11.8 Å². The normalized spacial score (nSPS) is 11.8. The summed E-state index contributed by atoms with van der Waals surface area (Å²) in [6.07, 6.45) is -0.528. The lowest BCUT2D eigenvalue weighted by Crippen LogP contribution is -1.92. The van der Waals surface area contributed by atoms with Gasteiger partial charge in [-0.2, -0.15) is 11.3 Å². The maximum atomic E-state index is 8.78. The van der Waals surface area contributed by atoms with Crippen molar-refractivity contribution in [2.24, 2.45) is 0 Å². The van der Waals surface area contributed by atoms with E-state index in [4.69, 9.17) is 5.11 Å². The second-order valence-electron chi connectivity index (χ2n) is 1.96. The van der Waals surface area contributed by atoms with Gasteiger partial charge in [0.05, 0.1) is 0 Å². The molecule has 1 aromatic rings. The Hall–Kier alpha value is -0.780. The third kappa shape index (κ3) is 2.22. The smallest absolute Gasteiger partial charge is 0.112 e. The fraction of sp³-hybridized carbons (Fsp3) is 0.250. The van der Waals surface area contributed by atoms with Crippen LogP contribution in [0.2, 0.25) is 0 Å². The van der Waals surface area contributed by atoms with Gasteiger partial charge in [-0.1, -0.05) is 11.8 Å². The van der Waals surface area contributed by atoms with Crippen LogP contribution in [0.4, 0.5) is 0 Å². The van der Waals surface area contributed by atoms with Gasteiger partial charge in [0.2, 0.25) is 0 Å². The first-order valence-corrected chi connectivity index (χ1v) is 3.95. The van der Waals surface area contributed by atoms with Crippen LogP contribution in [0.15, 0.2) is 16.8 Å². The van der Waals surface area contributed by atoms with E-state index in [9.17, 15) is 0 Å². The highest BCUT2D eigenvalue weighted by Crippen LogP contribution is 2.03. The van der Waals surface area contributed by atoms with Crippen LogP contribution in [0.3, 0.4) is 0 Å². The van der Waals surface area contributed by atoms with Gasteiger partial charge in [0.1, 0.15) is 6.10 Å². The molecule has 2 heteroatoms. The molecule has 0 aliphatic carbocycles. The Morgan fingerprint density at radius 3 is 3.00 bits per heavy atom. The van der Waals surface area contributed by atoms with Gasteiger partial charge in [0, 0.05) is 10.9 Å². The first-order chi connectivity index (χ1) is 4.79. The van der Waals surface area contributed by atoms with Crippen LogP contribution in [0.25, 0.3) is 0 Å². The summed E-state index contributed by atoms with van der Waals surface area (Å²) in [5.74, 6) is 5.49. The Balaban J connectivity index is 2.66. The van der Waals surface area contributed by atoms with Crippen molar-refractivity contribution in [3.8, 4) is 11.8 Å². The zero-order valence-corrected chi connectivity index (χ0v) is 6.48. The average Bonchev–Trinajstić information content (AvgIpc) is 2.34. The second-order valence-corrected chi connectivity index (χ2v) is 2.74. The zero-order valence-electron chi connectivity index (χ0n) is 5.66. The predicted molar refractivity (Wildman–Crippen MR) is 42.9 cm³/mol. The van der Waals surface area contributed by atoms with Crippen molar-refractivity contribution >= 4 is 11.3 Å². The largest absolute Gasteiger partial charge is 0.381 e. The number of hydrogen-bond donors (Lipinski definition) is 1. The Labute approximate surface area is 64.3 Å². The highest BCUT2D eigenvalue weighted by Gasteiger charge is 1.85. The molecule has 0 saturated carbocycles. The van der Waals surface area contributed by atoms with Crippen molar-refractivity contribution in [1.29, 1.82) is 0 Å². The van der Waals surface area contributed by atoms with Crippen molar-refractivity contribution in [3.63, 3.8) is 0 Å². The Morgan fingerprint density at radius 1 is 1.70 bits per heavy atom. The minimum absolute atomic E-state index is 0.528. The minimum atomic E-state index is -0.528. The van der Waals surface area contributed by atoms with Gasteiger partial charge >= 0.3 is 0 Å². The molecule has 0 radical (unpaired) electrons. The van der Waals surface area contributed by atoms with Crippen molar-refractivity contribution in [1.82, 2.24) is 0 Å². The van der Waals surface area contributed by atoms with E-state index < -0.39 is 6.10 Å². The highest BCUT2D eigenvalue weighted by atomic mass is 32.1. The number of rotatable bonds is 0. The lowest BCUT2D eigenvalue weighted by molar-refractivity contribution is 0.253. The molecule has 0 fully saturated rings. The summed E-state index contributed by atoms with van der Waals surface area (Å²) in [6.45, 7) is 1.65. The fourth-order valence-electron chi connectivity index (χ4n) is 0.523. The summed E-state index contributed by atoms with van der Waals surface area (Å²) in [5.41, 5.74) is 0.978. The van der Waals surface area contributed by atoms with Crippen molar-refractivity contribution in [2.75, 3.05) is 0 Å². The van der Waals surface area contributed by atoms with E-state index in [2.05, 4.69) is 11.8 Å². The van der Waals surface area contributed by atoms with Crippen LogP contribution in [-0.2, 0) is 0 Å². The molecule has 0 aliphatic heterocycles. The SMILES string of the molecule is C[C@H](O)C#Cc1ccsc1. The molecule has 0 aromatic carbocycles. The summed E-state index contributed by atoms with van der Waals surface area (Å²) in [4.78, 5) is 0. The minimum Gasteiger partial charge on any atom is -0.381 e. The third-order valence-corrected chi connectivity index (χ3v) is 1.63. The van der Waals surface area contributed by atoms with Crippen LogP contribution in [-0.4, -0.2) is 11.2 Å². The topological polar surface area (TPSA) is 20.2 Å². The lowest BCUT2D eigenvalue weighted by Gasteiger charge is -1.85. The number of aliphatic hydroxyl groups is 1. The van der Waals surface area contributed by atoms with Crippen molar-refractivity contribution in [3.05, 3.63) is 22.4 Å². The van der Waals surface area contributed by atoms with Gasteiger partial charge in [0.15, 0.2) is 0 Å². The number of hydrogen-bond acceptors (Lipinski definition) is 2. The van der Waals surface area contributed by atoms with Gasteiger partial charge in [-0.15, -0.1) is 0 Å². The first kappa shape index (κ1) is 7.33. The van der Waals surface area contributed by atoms with Crippen LogP contribution in [0.1, 0.15) is 12.5 Å². The molecule has 0 amide bonds. The molecular weight excluding hydrogens is 144 g/mol. The van der Waals surface area contributed by atoms with E-state index >= 15 is 0 Å². The van der Waals surface area contributed by atoms with Gasteiger partial charge in [-0.3, -0.25) is 0 Å². The molecule has 0 saturated heterocycles. The summed E-state index contributed by atoms with van der Waals surface area (Å²) in [7, 11) is 0. The number of aliphatic hydroxyl groups excluding tert-OH is 1. The van der Waals surface area contributed by atoms with Gasteiger partial charge in [0.25, 0.3) is 0 Å². The summed E-state index contributed by atoms with van der Waals surface area (Å²) < 4.78 is 0. The molecule has 0 spiro atoms. The quantitative estimate of drug-likeness (QED) is 0.558. The molecule has 0 unspecified atom stereocenters. The highest BCUT2D eigenvalue weighted by molar-refractivity contribution is 7.08. The molecule has 52 valence electrons. The standard InChI is InChI=1S/C8H8OS/c1-7(9)2-3-8-4-5-10-6-8/h4-7,9H,1H3/t7-/m0/s1. The van der Waals surface area contributed by atoms with E-state index in [1.54, 1.807) is 18.3 Å². The summed E-state index contributed by atoms with van der Waals surface area (Å²) >= 11 is 1.61. The third-order valence-electron chi connectivity index (χ3n) is 0.947. The van der Waals surface area contributed by atoms with E-state index in [1.165, 1.54) is 0 Å². The second kappa shape index (κ2) is 3.40. The summed E-state index contributed by atoms with van der Waals surface area (Å²) in [5, 5.41) is 12.7. The Bertz CT molecular complexity index is 238. The molecule has 1 N–H and O–H groups in total. The predicted octanol–water partition coefficient (Wildman–Crippen LogP) is 1.48. The van der Waals surface area contributed by atoms with Gasteiger partial charge in [-0.25, -0.2) is 0 Å². The molecule has 0 bridgehead atoms. The maximum absolute atomic E-state index is 8.78. The average molecular weight is 152 g/mol. The fourth-order valence-corrected chi connectivity index (χ4v) is 1.11. The van der Waals surface area contributed by atoms with Gasteiger partial charge < -0.3 is 5.11 Å². The monoisotopic (exact) mass is 152 g/mol.